The van der Waals surface area contributed by atoms with Crippen LogP contribution >= 0.6 is 11.6 Å². The summed E-state index contributed by atoms with van der Waals surface area (Å²) < 4.78 is 31.8. The van der Waals surface area contributed by atoms with Crippen LogP contribution in [0.4, 0.5) is 0 Å². The highest BCUT2D eigenvalue weighted by Gasteiger charge is 2.29. The number of nitrogens with one attached hydrogen (secondary N) is 1. The van der Waals surface area contributed by atoms with Gasteiger partial charge in [-0.25, -0.2) is 13.2 Å². The van der Waals surface area contributed by atoms with Crippen molar-refractivity contribution in [1.82, 2.24) is 9.62 Å². The number of amides is 1. The molecule has 7 nitrogen and oxygen atoms in total. The number of benzene rings is 1. The van der Waals surface area contributed by atoms with Gasteiger partial charge in [-0.2, -0.15) is 4.31 Å². The van der Waals surface area contributed by atoms with Crippen molar-refractivity contribution >= 4 is 33.5 Å². The van der Waals surface area contributed by atoms with Crippen molar-refractivity contribution in [3.63, 3.8) is 0 Å². The minimum Gasteiger partial charge on any atom is -0.467 e. The topological polar surface area (TPSA) is 92.8 Å². The Hall–Kier alpha value is -1.64. The lowest BCUT2D eigenvalue weighted by Gasteiger charge is -2.26. The summed E-state index contributed by atoms with van der Waals surface area (Å²) in [7, 11) is -2.46. The summed E-state index contributed by atoms with van der Waals surface area (Å²) in [5.41, 5.74) is 0.00399. The van der Waals surface area contributed by atoms with Crippen molar-refractivity contribution in [3.05, 3.63) is 28.8 Å². The number of carbonyl (C=O) groups is 2. The molecule has 2 rings (SSSR count). The van der Waals surface area contributed by atoms with Crippen LogP contribution in [0.2, 0.25) is 5.02 Å². The monoisotopic (exact) mass is 416 g/mol. The van der Waals surface area contributed by atoms with Crippen LogP contribution < -0.4 is 5.32 Å². The number of ether oxygens (including phenoxy) is 1. The number of halogens is 1. The molecule has 1 unspecified atom stereocenters. The number of carbonyl (C=O) groups excluding carboxylic acids is 2. The summed E-state index contributed by atoms with van der Waals surface area (Å²) >= 11 is 6.12. The number of esters is 1. The molecule has 0 aliphatic carbocycles. The molecule has 1 atom stereocenters. The van der Waals surface area contributed by atoms with Gasteiger partial charge in [0.1, 0.15) is 6.04 Å². The number of sulfonamides is 1. The predicted octanol–water partition coefficient (Wildman–Crippen LogP) is 2.44. The Kier molecular flexibility index (Phi) is 7.25. The number of rotatable bonds is 6. The summed E-state index contributed by atoms with van der Waals surface area (Å²) in [5.74, 6) is -1.41. The first kappa shape index (κ1) is 21.7. The van der Waals surface area contributed by atoms with Gasteiger partial charge in [0.2, 0.25) is 10.0 Å². The molecule has 1 aromatic rings. The summed E-state index contributed by atoms with van der Waals surface area (Å²) in [6.07, 6.45) is 2.63. The molecule has 0 spiro atoms. The highest BCUT2D eigenvalue weighted by Crippen LogP contribution is 2.25. The second kappa shape index (κ2) is 9.03. The van der Waals surface area contributed by atoms with E-state index in [9.17, 15) is 18.0 Å². The van der Waals surface area contributed by atoms with E-state index < -0.39 is 27.9 Å². The molecular weight excluding hydrogens is 392 g/mol. The van der Waals surface area contributed by atoms with Gasteiger partial charge in [-0.1, -0.05) is 31.9 Å². The zero-order valence-corrected chi connectivity index (χ0v) is 17.3. The van der Waals surface area contributed by atoms with Crippen LogP contribution in [0.25, 0.3) is 0 Å². The largest absolute Gasteiger partial charge is 0.467 e. The molecule has 0 radical (unpaired) electrons. The van der Waals surface area contributed by atoms with Gasteiger partial charge in [-0.3, -0.25) is 4.79 Å². The molecule has 1 amide bonds. The lowest BCUT2D eigenvalue weighted by atomic mass is 10.0. The SMILES string of the molecule is COC(=O)C(NC(=O)c1cc(S(=O)(=O)N2CCCCC2)ccc1Cl)C(C)C. The van der Waals surface area contributed by atoms with Gasteiger partial charge < -0.3 is 10.1 Å². The van der Waals surface area contributed by atoms with Gasteiger partial charge in [0, 0.05) is 13.1 Å². The first-order chi connectivity index (χ1) is 12.7. The quantitative estimate of drug-likeness (QED) is 0.719. The van der Waals surface area contributed by atoms with Crippen LogP contribution in [-0.4, -0.2) is 50.8 Å². The van der Waals surface area contributed by atoms with Crippen molar-refractivity contribution in [1.29, 1.82) is 0 Å². The standard InChI is InChI=1S/C18H25ClN2O5S/c1-12(2)16(18(23)26-3)20-17(22)14-11-13(7-8-15(14)19)27(24,25)21-9-5-4-6-10-21/h7-8,11-12,16H,4-6,9-10H2,1-3H3,(H,20,22). The molecule has 9 heteroatoms. The summed E-state index contributed by atoms with van der Waals surface area (Å²) in [6.45, 7) is 4.45. The first-order valence-electron chi connectivity index (χ1n) is 8.87. The second-order valence-electron chi connectivity index (χ2n) is 6.82. The van der Waals surface area contributed by atoms with Crippen molar-refractivity contribution < 1.29 is 22.7 Å². The lowest BCUT2D eigenvalue weighted by molar-refractivity contribution is -0.144. The fourth-order valence-electron chi connectivity index (χ4n) is 2.94. The van der Waals surface area contributed by atoms with Crippen molar-refractivity contribution in [2.45, 2.75) is 44.0 Å². The zero-order valence-electron chi connectivity index (χ0n) is 15.7. The summed E-state index contributed by atoms with van der Waals surface area (Å²) in [5, 5.41) is 2.68. The average Bonchev–Trinajstić information content (AvgIpc) is 2.65. The smallest absolute Gasteiger partial charge is 0.328 e. The van der Waals surface area contributed by atoms with Crippen LogP contribution in [0, 0.1) is 5.92 Å². The molecule has 150 valence electrons. The van der Waals surface area contributed by atoms with Crippen LogP contribution in [0.1, 0.15) is 43.5 Å². The van der Waals surface area contributed by atoms with Crippen molar-refractivity contribution in [2.75, 3.05) is 20.2 Å². The van der Waals surface area contributed by atoms with Gasteiger partial charge in [0.15, 0.2) is 0 Å². The lowest BCUT2D eigenvalue weighted by Crippen LogP contribution is -2.45. The molecule has 1 aliphatic rings. The van der Waals surface area contributed by atoms with E-state index in [1.54, 1.807) is 13.8 Å². The van der Waals surface area contributed by atoms with E-state index in [0.717, 1.165) is 19.3 Å². The summed E-state index contributed by atoms with van der Waals surface area (Å²) in [6, 6.07) is 3.18. The van der Waals surface area contributed by atoms with E-state index >= 15 is 0 Å². The zero-order chi connectivity index (χ0) is 20.2. The van der Waals surface area contributed by atoms with Crippen LogP contribution in [0.5, 0.6) is 0 Å². The fourth-order valence-corrected chi connectivity index (χ4v) is 4.68. The third-order valence-electron chi connectivity index (χ3n) is 4.54. The molecule has 27 heavy (non-hydrogen) atoms. The third-order valence-corrected chi connectivity index (χ3v) is 6.77. The van der Waals surface area contributed by atoms with Crippen LogP contribution in [-0.2, 0) is 19.6 Å². The fraction of sp³-hybridized carbons (Fsp3) is 0.556. The van der Waals surface area contributed by atoms with Crippen LogP contribution in [0.15, 0.2) is 23.1 Å². The maximum atomic E-state index is 12.8. The Bertz CT molecular complexity index is 804. The Balaban J connectivity index is 2.31. The van der Waals surface area contributed by atoms with E-state index in [1.807, 2.05) is 0 Å². The summed E-state index contributed by atoms with van der Waals surface area (Å²) in [4.78, 5) is 24.5. The van der Waals surface area contributed by atoms with Crippen LogP contribution in [0.3, 0.4) is 0 Å². The molecule has 1 aromatic carbocycles. The molecule has 1 N–H and O–H groups in total. The van der Waals surface area contributed by atoms with Crippen molar-refractivity contribution in [3.8, 4) is 0 Å². The Labute approximate surface area is 165 Å². The third kappa shape index (κ3) is 5.00. The number of hydrogen-bond acceptors (Lipinski definition) is 5. The van der Waals surface area contributed by atoms with E-state index in [0.29, 0.717) is 13.1 Å². The second-order valence-corrected chi connectivity index (χ2v) is 9.17. The number of piperidine rings is 1. The van der Waals surface area contributed by atoms with E-state index in [-0.39, 0.29) is 21.4 Å². The minimum absolute atomic E-state index is 0.00399. The first-order valence-corrected chi connectivity index (χ1v) is 10.7. The maximum Gasteiger partial charge on any atom is 0.328 e. The molecule has 1 aliphatic heterocycles. The van der Waals surface area contributed by atoms with E-state index in [2.05, 4.69) is 5.32 Å². The van der Waals surface area contributed by atoms with Gasteiger partial charge in [0.25, 0.3) is 5.91 Å². The number of methoxy groups -OCH3 is 1. The van der Waals surface area contributed by atoms with Gasteiger partial charge >= 0.3 is 5.97 Å². The molecule has 0 bridgehead atoms. The Morgan fingerprint density at radius 1 is 1.19 bits per heavy atom. The van der Waals surface area contributed by atoms with E-state index in [1.165, 1.54) is 29.6 Å². The van der Waals surface area contributed by atoms with E-state index in [4.69, 9.17) is 16.3 Å². The van der Waals surface area contributed by atoms with Gasteiger partial charge in [-0.05, 0) is 37.0 Å². The Morgan fingerprint density at radius 3 is 2.37 bits per heavy atom. The highest BCUT2D eigenvalue weighted by atomic mass is 35.5. The van der Waals surface area contributed by atoms with Gasteiger partial charge in [-0.15, -0.1) is 0 Å². The average molecular weight is 417 g/mol. The molecule has 1 saturated heterocycles. The Morgan fingerprint density at radius 2 is 1.81 bits per heavy atom. The highest BCUT2D eigenvalue weighted by molar-refractivity contribution is 7.89. The number of hydrogen-bond donors (Lipinski definition) is 1. The number of nitrogens with zero attached hydrogens (tertiary/aromatic N) is 1. The molecule has 1 heterocycles. The van der Waals surface area contributed by atoms with Crippen molar-refractivity contribution in [2.24, 2.45) is 5.92 Å². The molecule has 0 saturated carbocycles. The minimum atomic E-state index is -3.70. The normalized spacial score (nSPS) is 16.8. The molecular formula is C18H25ClN2O5S. The molecule has 1 fully saturated rings. The van der Waals surface area contributed by atoms with Gasteiger partial charge in [0.05, 0.1) is 22.6 Å². The predicted molar refractivity (Wildman–Crippen MR) is 102 cm³/mol. The maximum absolute atomic E-state index is 12.8. The molecule has 0 aromatic heterocycles.